The first kappa shape index (κ1) is 15.9. The standard InChI is InChI=1S/C18H15FN2O3/c1-10-6-7-14(13(19)8-10)20-15(22)9-11-4-3-5-12-16(11)18(24)21(2)17(12)23/h3-8H,9H2,1-2H3,(H,20,22). The molecule has 2 aromatic rings. The van der Waals surface area contributed by atoms with Crippen LogP contribution in [0.5, 0.6) is 0 Å². The molecule has 5 nitrogen and oxygen atoms in total. The van der Waals surface area contributed by atoms with Gasteiger partial charge in [0, 0.05) is 7.05 Å². The molecular formula is C18H15FN2O3. The van der Waals surface area contributed by atoms with Crippen LogP contribution < -0.4 is 5.32 Å². The highest BCUT2D eigenvalue weighted by Crippen LogP contribution is 2.25. The maximum atomic E-state index is 13.8. The number of benzene rings is 2. The summed E-state index contributed by atoms with van der Waals surface area (Å²) >= 11 is 0. The molecule has 0 fully saturated rings. The normalized spacial score (nSPS) is 13.2. The number of aryl methyl sites for hydroxylation is 1. The number of rotatable bonds is 3. The number of imide groups is 1. The third kappa shape index (κ3) is 2.67. The lowest BCUT2D eigenvalue weighted by molar-refractivity contribution is -0.115. The first-order chi connectivity index (χ1) is 11.4. The van der Waals surface area contributed by atoms with Crippen molar-refractivity contribution in [2.45, 2.75) is 13.3 Å². The Morgan fingerprint density at radius 2 is 1.92 bits per heavy atom. The smallest absolute Gasteiger partial charge is 0.261 e. The Kier molecular flexibility index (Phi) is 3.89. The second kappa shape index (κ2) is 5.88. The van der Waals surface area contributed by atoms with Crippen LogP contribution in [-0.4, -0.2) is 29.7 Å². The van der Waals surface area contributed by atoms with Gasteiger partial charge >= 0.3 is 0 Å². The first-order valence-electron chi connectivity index (χ1n) is 7.38. The Morgan fingerprint density at radius 3 is 2.62 bits per heavy atom. The van der Waals surface area contributed by atoms with Crippen molar-refractivity contribution in [3.63, 3.8) is 0 Å². The molecule has 1 heterocycles. The summed E-state index contributed by atoms with van der Waals surface area (Å²) in [5.74, 6) is -1.80. The topological polar surface area (TPSA) is 66.5 Å². The SMILES string of the molecule is Cc1ccc(NC(=O)Cc2cccc3c2C(=O)N(C)C3=O)c(F)c1. The van der Waals surface area contributed by atoms with Crippen LogP contribution in [0.1, 0.15) is 31.8 Å². The van der Waals surface area contributed by atoms with E-state index in [1.54, 1.807) is 31.2 Å². The molecule has 0 atom stereocenters. The molecule has 0 radical (unpaired) electrons. The molecule has 1 aliphatic rings. The van der Waals surface area contributed by atoms with Crippen molar-refractivity contribution in [1.29, 1.82) is 0 Å². The van der Waals surface area contributed by atoms with Gasteiger partial charge in [-0.2, -0.15) is 0 Å². The van der Waals surface area contributed by atoms with E-state index in [1.807, 2.05) is 0 Å². The molecule has 0 bridgehead atoms. The van der Waals surface area contributed by atoms with Gasteiger partial charge < -0.3 is 5.32 Å². The molecule has 0 spiro atoms. The number of anilines is 1. The number of fused-ring (bicyclic) bond motifs is 1. The summed E-state index contributed by atoms with van der Waals surface area (Å²) in [6, 6.07) is 9.30. The van der Waals surface area contributed by atoms with Crippen molar-refractivity contribution in [2.75, 3.05) is 12.4 Å². The van der Waals surface area contributed by atoms with E-state index < -0.39 is 17.6 Å². The van der Waals surface area contributed by atoms with Crippen LogP contribution in [0.15, 0.2) is 36.4 Å². The minimum absolute atomic E-state index is 0.0812. The van der Waals surface area contributed by atoms with Crippen LogP contribution in [0.25, 0.3) is 0 Å². The predicted molar refractivity (Wildman–Crippen MR) is 86.3 cm³/mol. The van der Waals surface area contributed by atoms with Crippen LogP contribution in [0, 0.1) is 12.7 Å². The Bertz CT molecular complexity index is 877. The molecule has 0 saturated heterocycles. The fourth-order valence-electron chi connectivity index (χ4n) is 2.71. The summed E-state index contributed by atoms with van der Waals surface area (Å²) in [5, 5.41) is 2.49. The van der Waals surface area contributed by atoms with Gasteiger partial charge in [0.25, 0.3) is 11.8 Å². The second-order valence-corrected chi connectivity index (χ2v) is 5.72. The van der Waals surface area contributed by atoms with Gasteiger partial charge in [-0.05, 0) is 36.2 Å². The van der Waals surface area contributed by atoms with E-state index in [-0.39, 0.29) is 29.1 Å². The molecule has 1 aliphatic heterocycles. The first-order valence-corrected chi connectivity index (χ1v) is 7.38. The van der Waals surface area contributed by atoms with E-state index in [4.69, 9.17) is 0 Å². The summed E-state index contributed by atoms with van der Waals surface area (Å²) in [6.45, 7) is 1.75. The molecule has 0 aromatic heterocycles. The fourth-order valence-corrected chi connectivity index (χ4v) is 2.71. The third-order valence-corrected chi connectivity index (χ3v) is 3.95. The number of carbonyl (C=O) groups is 3. The van der Waals surface area contributed by atoms with Gasteiger partial charge in [0.05, 0.1) is 23.2 Å². The third-order valence-electron chi connectivity index (χ3n) is 3.95. The number of hydrogen-bond acceptors (Lipinski definition) is 3. The van der Waals surface area contributed by atoms with Gasteiger partial charge in [-0.15, -0.1) is 0 Å². The molecule has 24 heavy (non-hydrogen) atoms. The zero-order valence-electron chi connectivity index (χ0n) is 13.2. The van der Waals surface area contributed by atoms with Gasteiger partial charge in [0.2, 0.25) is 5.91 Å². The van der Waals surface area contributed by atoms with Crippen molar-refractivity contribution < 1.29 is 18.8 Å². The molecule has 0 unspecified atom stereocenters. The van der Waals surface area contributed by atoms with E-state index in [0.717, 1.165) is 10.5 Å². The highest BCUT2D eigenvalue weighted by Gasteiger charge is 2.34. The molecule has 1 N–H and O–H groups in total. The maximum Gasteiger partial charge on any atom is 0.261 e. The van der Waals surface area contributed by atoms with Gasteiger partial charge in [0.15, 0.2) is 0 Å². The lowest BCUT2D eigenvalue weighted by Crippen LogP contribution is -2.24. The average molecular weight is 326 g/mol. The van der Waals surface area contributed by atoms with Crippen LogP contribution in [-0.2, 0) is 11.2 Å². The highest BCUT2D eigenvalue weighted by atomic mass is 19.1. The van der Waals surface area contributed by atoms with Gasteiger partial charge in [-0.3, -0.25) is 19.3 Å². The summed E-state index contributed by atoms with van der Waals surface area (Å²) in [4.78, 5) is 37.4. The number of hydrogen-bond donors (Lipinski definition) is 1. The lowest BCUT2D eigenvalue weighted by atomic mass is 10.00. The Balaban J connectivity index is 1.84. The lowest BCUT2D eigenvalue weighted by Gasteiger charge is -2.09. The minimum atomic E-state index is -0.521. The van der Waals surface area contributed by atoms with Crippen molar-refractivity contribution >= 4 is 23.4 Å². The summed E-state index contributed by atoms with van der Waals surface area (Å²) < 4.78 is 13.8. The molecule has 3 amide bonds. The zero-order valence-corrected chi connectivity index (χ0v) is 13.2. The number of nitrogens with one attached hydrogen (secondary N) is 1. The summed E-state index contributed by atoms with van der Waals surface area (Å²) in [5.41, 5.74) is 1.80. The number of halogens is 1. The van der Waals surface area contributed by atoms with Gasteiger partial charge in [-0.25, -0.2) is 4.39 Å². The Morgan fingerprint density at radius 1 is 1.17 bits per heavy atom. The van der Waals surface area contributed by atoms with Crippen molar-refractivity contribution in [3.05, 3.63) is 64.5 Å². The molecular weight excluding hydrogens is 311 g/mol. The zero-order chi connectivity index (χ0) is 17.4. The van der Waals surface area contributed by atoms with Gasteiger partial charge in [-0.1, -0.05) is 18.2 Å². The van der Waals surface area contributed by atoms with E-state index in [0.29, 0.717) is 5.56 Å². The molecule has 0 aliphatic carbocycles. The Hall–Kier alpha value is -3.02. The number of carbonyl (C=O) groups excluding carboxylic acids is 3. The largest absolute Gasteiger partial charge is 0.323 e. The van der Waals surface area contributed by atoms with Crippen LogP contribution in [0.2, 0.25) is 0 Å². The molecule has 0 saturated carbocycles. The average Bonchev–Trinajstić information content (AvgIpc) is 2.76. The van der Waals surface area contributed by atoms with Crippen molar-refractivity contribution in [3.8, 4) is 0 Å². The van der Waals surface area contributed by atoms with E-state index in [9.17, 15) is 18.8 Å². The predicted octanol–water partition coefficient (Wildman–Crippen LogP) is 2.54. The van der Waals surface area contributed by atoms with Crippen molar-refractivity contribution in [2.24, 2.45) is 0 Å². The molecule has 3 rings (SSSR count). The highest BCUT2D eigenvalue weighted by molar-refractivity contribution is 6.22. The van der Waals surface area contributed by atoms with Crippen LogP contribution in [0.4, 0.5) is 10.1 Å². The minimum Gasteiger partial charge on any atom is -0.323 e. The maximum absolute atomic E-state index is 13.8. The quantitative estimate of drug-likeness (QED) is 0.882. The summed E-state index contributed by atoms with van der Waals surface area (Å²) in [7, 11) is 1.40. The summed E-state index contributed by atoms with van der Waals surface area (Å²) in [6.07, 6.45) is -0.122. The molecule has 6 heteroatoms. The van der Waals surface area contributed by atoms with Gasteiger partial charge in [0.1, 0.15) is 5.82 Å². The fraction of sp³-hybridized carbons (Fsp3) is 0.167. The molecule has 2 aromatic carbocycles. The van der Waals surface area contributed by atoms with E-state index >= 15 is 0 Å². The number of amides is 3. The monoisotopic (exact) mass is 326 g/mol. The second-order valence-electron chi connectivity index (χ2n) is 5.72. The molecule has 122 valence electrons. The van der Waals surface area contributed by atoms with Crippen molar-refractivity contribution in [1.82, 2.24) is 4.90 Å². The number of nitrogens with zero attached hydrogens (tertiary/aromatic N) is 1. The van der Waals surface area contributed by atoms with Crippen LogP contribution in [0.3, 0.4) is 0 Å². The van der Waals surface area contributed by atoms with E-state index in [1.165, 1.54) is 19.2 Å². The Labute approximate surface area is 138 Å². The van der Waals surface area contributed by atoms with Crippen LogP contribution >= 0.6 is 0 Å². The van der Waals surface area contributed by atoms with E-state index in [2.05, 4.69) is 5.32 Å².